The molecule has 0 rings (SSSR count). The number of carbonyl (C=O) groups is 4. The number of carboxylic acids is 1. The lowest BCUT2D eigenvalue weighted by Crippen LogP contribution is -2.17. The molecule has 0 radical (unpaired) electrons. The number of ether oxygens (including phenoxy) is 13. The van der Waals surface area contributed by atoms with E-state index in [1.54, 1.807) is 0 Å². The highest BCUT2D eigenvalue weighted by Gasteiger charge is 2.14. The molecule has 0 aliphatic heterocycles. The fourth-order valence-electron chi connectivity index (χ4n) is 3.17. The molecule has 0 saturated carbocycles. The highest BCUT2D eigenvalue weighted by Crippen LogP contribution is 1.95. The van der Waals surface area contributed by atoms with Crippen LogP contribution in [0.1, 0.15) is 19.3 Å². The Kier molecular flexibility index (Phi) is 36.6. The van der Waals surface area contributed by atoms with E-state index in [1.807, 2.05) is 0 Å². The van der Waals surface area contributed by atoms with Crippen LogP contribution in [0.25, 0.3) is 0 Å². The minimum absolute atomic E-state index is 0.00902. The Balaban J connectivity index is 3.13. The highest BCUT2D eigenvalue weighted by atomic mass is 16.6. The Morgan fingerprint density at radius 1 is 0.347 bits per heavy atom. The predicted octanol–water partition coefficient (Wildman–Crippen LogP) is -0.291. The van der Waals surface area contributed by atoms with Gasteiger partial charge in [0, 0.05) is 6.42 Å². The quantitative estimate of drug-likeness (QED) is 0.0491. The zero-order chi connectivity index (χ0) is 35.9. The molecule has 49 heavy (non-hydrogen) atoms. The van der Waals surface area contributed by atoms with Crippen LogP contribution < -0.4 is 0 Å². The van der Waals surface area contributed by atoms with E-state index in [4.69, 9.17) is 61.9 Å². The van der Waals surface area contributed by atoms with Gasteiger partial charge in [-0.25, -0.2) is 4.79 Å². The minimum Gasteiger partial charge on any atom is -0.476 e. The summed E-state index contributed by atoms with van der Waals surface area (Å²) in [6.45, 7) is 9.23. The number of rotatable bonds is 40. The topological polar surface area (TPSA) is 208 Å². The minimum atomic E-state index is -1.57. The maximum Gasteiger partial charge on any atom is 0.372 e. The Bertz CT molecular complexity index is 784. The third-order valence-electron chi connectivity index (χ3n) is 5.68. The van der Waals surface area contributed by atoms with Crippen LogP contribution in [0.2, 0.25) is 0 Å². The normalized spacial score (nSPS) is 11.1. The maximum atomic E-state index is 11.4. The van der Waals surface area contributed by atoms with Crippen LogP contribution in [0.3, 0.4) is 0 Å². The molecular formula is C31H56O18. The maximum absolute atomic E-state index is 11.4. The summed E-state index contributed by atoms with van der Waals surface area (Å²) in [5, 5.41) is 8.44. The molecule has 18 nitrogen and oxygen atoms in total. The Morgan fingerprint density at radius 2 is 0.612 bits per heavy atom. The number of aliphatic carboxylic acids is 1. The van der Waals surface area contributed by atoms with Gasteiger partial charge >= 0.3 is 17.9 Å². The second-order valence-corrected chi connectivity index (χ2v) is 9.51. The predicted molar refractivity (Wildman–Crippen MR) is 168 cm³/mol. The third kappa shape index (κ3) is 38.3. The lowest BCUT2D eigenvalue weighted by Gasteiger charge is -2.09. The summed E-state index contributed by atoms with van der Waals surface area (Å²) >= 11 is 0. The molecule has 0 heterocycles. The molecule has 0 bridgehead atoms. The zero-order valence-electron chi connectivity index (χ0n) is 28.8. The molecule has 0 atom stereocenters. The summed E-state index contributed by atoms with van der Waals surface area (Å²) in [6, 6.07) is 0. The summed E-state index contributed by atoms with van der Waals surface area (Å²) in [5.74, 6) is -3.55. The molecule has 0 aliphatic rings. The summed E-state index contributed by atoms with van der Waals surface area (Å²) < 4.78 is 68.6. The van der Waals surface area contributed by atoms with Crippen molar-refractivity contribution in [2.45, 2.75) is 19.3 Å². The van der Waals surface area contributed by atoms with Gasteiger partial charge in [-0.3, -0.25) is 14.4 Å². The van der Waals surface area contributed by atoms with Gasteiger partial charge in [-0.2, -0.15) is 0 Å². The van der Waals surface area contributed by atoms with Crippen molar-refractivity contribution in [3.8, 4) is 0 Å². The van der Waals surface area contributed by atoms with Gasteiger partial charge in [-0.1, -0.05) is 0 Å². The lowest BCUT2D eigenvalue weighted by molar-refractivity contribution is -0.151. The van der Waals surface area contributed by atoms with E-state index in [1.165, 1.54) is 7.11 Å². The largest absolute Gasteiger partial charge is 0.476 e. The Hall–Kier alpha value is -2.36. The SMILES string of the molecule is COC(=O)CCOCCOCCOCCOCCOCCOCCOCCOCCOCCOCCOCCOC(=O)CCC(=O)C(=O)O. The number of carbonyl (C=O) groups excluding carboxylic acids is 3. The summed E-state index contributed by atoms with van der Waals surface area (Å²) in [4.78, 5) is 43.5. The van der Waals surface area contributed by atoms with Crippen molar-refractivity contribution in [2.75, 3.05) is 159 Å². The van der Waals surface area contributed by atoms with E-state index in [9.17, 15) is 19.2 Å². The van der Waals surface area contributed by atoms with Crippen molar-refractivity contribution < 1.29 is 85.9 Å². The second-order valence-electron chi connectivity index (χ2n) is 9.51. The number of carboxylic acid groups (broad SMARTS) is 1. The first-order valence-corrected chi connectivity index (χ1v) is 16.3. The van der Waals surface area contributed by atoms with Gasteiger partial charge in [-0.05, 0) is 0 Å². The molecule has 0 aromatic heterocycles. The molecule has 0 aliphatic carbocycles. The molecule has 0 saturated heterocycles. The summed E-state index contributed by atoms with van der Waals surface area (Å²) in [7, 11) is 1.34. The van der Waals surface area contributed by atoms with Gasteiger partial charge in [-0.15, -0.1) is 0 Å². The van der Waals surface area contributed by atoms with E-state index >= 15 is 0 Å². The first-order valence-electron chi connectivity index (χ1n) is 16.3. The first-order chi connectivity index (χ1) is 24.0. The van der Waals surface area contributed by atoms with Crippen LogP contribution in [0.5, 0.6) is 0 Å². The molecule has 0 aromatic carbocycles. The number of hydrogen-bond acceptors (Lipinski definition) is 17. The van der Waals surface area contributed by atoms with E-state index < -0.39 is 17.7 Å². The van der Waals surface area contributed by atoms with Crippen LogP contribution in [0.4, 0.5) is 0 Å². The van der Waals surface area contributed by atoms with Gasteiger partial charge < -0.3 is 66.7 Å². The van der Waals surface area contributed by atoms with Crippen LogP contribution >= 0.6 is 0 Å². The zero-order valence-corrected chi connectivity index (χ0v) is 28.8. The number of esters is 2. The molecule has 288 valence electrons. The molecule has 1 N–H and O–H groups in total. The van der Waals surface area contributed by atoms with Crippen LogP contribution in [0.15, 0.2) is 0 Å². The van der Waals surface area contributed by atoms with Crippen LogP contribution in [-0.4, -0.2) is 188 Å². The van der Waals surface area contributed by atoms with Gasteiger partial charge in [0.05, 0.1) is 165 Å². The molecule has 0 unspecified atom stereocenters. The van der Waals surface area contributed by atoms with Crippen molar-refractivity contribution >= 4 is 23.7 Å². The molecular weight excluding hydrogens is 660 g/mol. The average Bonchev–Trinajstić information content (AvgIpc) is 3.10. The van der Waals surface area contributed by atoms with Crippen molar-refractivity contribution in [1.29, 1.82) is 0 Å². The van der Waals surface area contributed by atoms with E-state index in [2.05, 4.69) is 4.74 Å². The van der Waals surface area contributed by atoms with Gasteiger partial charge in [0.15, 0.2) is 0 Å². The molecule has 0 fully saturated rings. The van der Waals surface area contributed by atoms with Crippen molar-refractivity contribution in [3.63, 3.8) is 0 Å². The number of Topliss-reactive ketones (excluding diaryl/α,β-unsaturated/α-hetero) is 1. The Morgan fingerprint density at radius 3 is 0.878 bits per heavy atom. The molecule has 0 spiro atoms. The third-order valence-corrected chi connectivity index (χ3v) is 5.68. The van der Waals surface area contributed by atoms with Crippen molar-refractivity contribution in [3.05, 3.63) is 0 Å². The van der Waals surface area contributed by atoms with E-state index in [0.717, 1.165) is 0 Å². The highest BCUT2D eigenvalue weighted by molar-refractivity contribution is 6.32. The number of methoxy groups -OCH3 is 1. The van der Waals surface area contributed by atoms with E-state index in [-0.39, 0.29) is 38.4 Å². The average molecular weight is 717 g/mol. The lowest BCUT2D eigenvalue weighted by atomic mass is 10.2. The van der Waals surface area contributed by atoms with Crippen molar-refractivity contribution in [1.82, 2.24) is 0 Å². The fraction of sp³-hybridized carbons (Fsp3) is 0.871. The monoisotopic (exact) mass is 716 g/mol. The fourth-order valence-corrected chi connectivity index (χ4v) is 3.17. The van der Waals surface area contributed by atoms with Gasteiger partial charge in [0.1, 0.15) is 6.61 Å². The number of hydrogen-bond donors (Lipinski definition) is 1. The summed E-state index contributed by atoms with van der Waals surface area (Å²) in [6.07, 6.45) is -0.435. The van der Waals surface area contributed by atoms with Crippen LogP contribution in [0, 0.1) is 0 Å². The van der Waals surface area contributed by atoms with Crippen LogP contribution in [-0.2, 0) is 80.8 Å². The Labute approximate surface area is 288 Å². The van der Waals surface area contributed by atoms with E-state index in [0.29, 0.717) is 139 Å². The first kappa shape index (κ1) is 46.6. The molecule has 0 amide bonds. The number of ketones is 1. The standard InChI is InChI=1S/C31H56O18/c1-37-29(33)4-5-38-6-7-39-8-9-40-10-11-41-12-13-42-14-15-43-16-17-44-18-19-45-20-21-46-22-23-47-24-25-48-26-27-49-30(34)3-2-28(32)31(35)36/h2-27H2,1H3,(H,35,36). The molecule has 18 heteroatoms. The van der Waals surface area contributed by atoms with Gasteiger partial charge in [0.25, 0.3) is 0 Å². The summed E-state index contributed by atoms with van der Waals surface area (Å²) in [5.41, 5.74) is 0. The molecule has 0 aromatic rings. The van der Waals surface area contributed by atoms with Crippen molar-refractivity contribution in [2.24, 2.45) is 0 Å². The smallest absolute Gasteiger partial charge is 0.372 e. The van der Waals surface area contributed by atoms with Gasteiger partial charge in [0.2, 0.25) is 5.78 Å². The second kappa shape index (κ2) is 38.4.